The molecule has 0 heterocycles. The summed E-state index contributed by atoms with van der Waals surface area (Å²) in [7, 11) is -3.04. The summed E-state index contributed by atoms with van der Waals surface area (Å²) in [6.07, 6.45) is 1.82. The minimum absolute atomic E-state index is 0.0186. The first-order valence-electron chi connectivity index (χ1n) is 5.45. The maximum atomic E-state index is 11.2. The van der Waals surface area contributed by atoms with E-state index in [0.29, 0.717) is 18.4 Å². The van der Waals surface area contributed by atoms with Crippen molar-refractivity contribution in [3.63, 3.8) is 0 Å². The molecule has 0 aliphatic carbocycles. The fourth-order valence-corrected chi connectivity index (χ4v) is 2.81. The predicted octanol–water partition coefficient (Wildman–Crippen LogP) is 2.44. The first-order chi connectivity index (χ1) is 8.29. The van der Waals surface area contributed by atoms with Crippen molar-refractivity contribution in [1.29, 1.82) is 0 Å². The van der Waals surface area contributed by atoms with Crippen LogP contribution in [-0.4, -0.2) is 31.5 Å². The number of aliphatic carboxylic acids is 1. The third-order valence-electron chi connectivity index (χ3n) is 2.56. The van der Waals surface area contributed by atoms with Gasteiger partial charge in [-0.1, -0.05) is 28.1 Å². The molecule has 0 spiro atoms. The number of carboxylic acid groups (broad SMARTS) is 1. The molecule has 1 rings (SSSR count). The SMILES string of the molecule is CS(=O)(=O)CCCC(C(=O)O)c1cccc(Br)c1. The molecular formula is C12H15BrO4S. The van der Waals surface area contributed by atoms with Crippen molar-refractivity contribution in [2.75, 3.05) is 12.0 Å². The van der Waals surface area contributed by atoms with Crippen LogP contribution in [0.5, 0.6) is 0 Å². The van der Waals surface area contributed by atoms with E-state index < -0.39 is 21.7 Å². The van der Waals surface area contributed by atoms with E-state index in [-0.39, 0.29) is 5.75 Å². The Balaban J connectivity index is 2.75. The van der Waals surface area contributed by atoms with Gasteiger partial charge in [0.2, 0.25) is 0 Å². The van der Waals surface area contributed by atoms with Gasteiger partial charge >= 0.3 is 5.97 Å². The Morgan fingerprint density at radius 1 is 1.44 bits per heavy atom. The van der Waals surface area contributed by atoms with Crippen LogP contribution in [0.3, 0.4) is 0 Å². The smallest absolute Gasteiger partial charge is 0.310 e. The molecule has 1 unspecified atom stereocenters. The number of carboxylic acids is 1. The summed E-state index contributed by atoms with van der Waals surface area (Å²) in [6.45, 7) is 0. The summed E-state index contributed by atoms with van der Waals surface area (Å²) in [5.74, 6) is -1.57. The largest absolute Gasteiger partial charge is 0.481 e. The van der Waals surface area contributed by atoms with E-state index in [1.54, 1.807) is 18.2 Å². The number of rotatable bonds is 6. The van der Waals surface area contributed by atoms with Crippen molar-refractivity contribution in [2.45, 2.75) is 18.8 Å². The molecule has 1 N–H and O–H groups in total. The van der Waals surface area contributed by atoms with Crippen LogP contribution in [0.15, 0.2) is 28.7 Å². The molecule has 4 nitrogen and oxygen atoms in total. The van der Waals surface area contributed by atoms with E-state index in [1.807, 2.05) is 6.07 Å². The third-order valence-corrected chi connectivity index (χ3v) is 4.08. The molecule has 6 heteroatoms. The minimum Gasteiger partial charge on any atom is -0.481 e. The molecule has 0 aliphatic rings. The summed E-state index contributed by atoms with van der Waals surface area (Å²) in [6, 6.07) is 7.08. The lowest BCUT2D eigenvalue weighted by Gasteiger charge is -2.12. The monoisotopic (exact) mass is 334 g/mol. The number of hydrogen-bond donors (Lipinski definition) is 1. The molecule has 100 valence electrons. The molecule has 0 aromatic heterocycles. The average Bonchev–Trinajstić information content (AvgIpc) is 2.22. The number of halogens is 1. The molecule has 1 aromatic carbocycles. The van der Waals surface area contributed by atoms with Gasteiger partial charge in [0.15, 0.2) is 0 Å². The van der Waals surface area contributed by atoms with Gasteiger partial charge in [-0.05, 0) is 30.5 Å². The molecule has 1 aromatic rings. The maximum absolute atomic E-state index is 11.2. The van der Waals surface area contributed by atoms with Gasteiger partial charge in [0, 0.05) is 16.5 Å². The van der Waals surface area contributed by atoms with Crippen molar-refractivity contribution in [3.05, 3.63) is 34.3 Å². The fraction of sp³-hybridized carbons (Fsp3) is 0.417. The molecule has 0 bridgehead atoms. The Labute approximate surface area is 115 Å². The molecule has 1 atom stereocenters. The van der Waals surface area contributed by atoms with Gasteiger partial charge in [-0.2, -0.15) is 0 Å². The molecular weight excluding hydrogens is 320 g/mol. The Morgan fingerprint density at radius 3 is 2.61 bits per heavy atom. The van der Waals surface area contributed by atoms with Gasteiger partial charge in [0.25, 0.3) is 0 Å². The van der Waals surface area contributed by atoms with E-state index in [4.69, 9.17) is 0 Å². The Hall–Kier alpha value is -0.880. The zero-order chi connectivity index (χ0) is 13.8. The zero-order valence-corrected chi connectivity index (χ0v) is 12.4. The van der Waals surface area contributed by atoms with E-state index in [2.05, 4.69) is 15.9 Å². The summed E-state index contributed by atoms with van der Waals surface area (Å²) >= 11 is 3.29. The Kier molecular flexibility index (Phi) is 5.34. The van der Waals surface area contributed by atoms with Gasteiger partial charge in [-0.3, -0.25) is 4.79 Å². The molecule has 0 amide bonds. The number of sulfone groups is 1. The third kappa shape index (κ3) is 5.18. The summed E-state index contributed by atoms with van der Waals surface area (Å²) in [5.41, 5.74) is 0.686. The van der Waals surface area contributed by atoms with E-state index in [1.165, 1.54) is 0 Å². The van der Waals surface area contributed by atoms with Crippen molar-refractivity contribution in [1.82, 2.24) is 0 Å². The highest BCUT2D eigenvalue weighted by atomic mass is 79.9. The quantitative estimate of drug-likeness (QED) is 0.867. The lowest BCUT2D eigenvalue weighted by atomic mass is 9.95. The standard InChI is InChI=1S/C12H15BrO4S/c1-18(16,17)7-3-6-11(12(14)15)9-4-2-5-10(13)8-9/h2,4-5,8,11H,3,6-7H2,1H3,(H,14,15). The molecule has 0 radical (unpaired) electrons. The van der Waals surface area contributed by atoms with Gasteiger partial charge < -0.3 is 5.11 Å². The minimum atomic E-state index is -3.04. The van der Waals surface area contributed by atoms with Crippen molar-refractivity contribution >= 4 is 31.7 Å². The summed E-state index contributed by atoms with van der Waals surface area (Å²) in [4.78, 5) is 11.2. The van der Waals surface area contributed by atoms with Crippen LogP contribution in [0.4, 0.5) is 0 Å². The van der Waals surface area contributed by atoms with E-state index in [9.17, 15) is 18.3 Å². The fourth-order valence-electron chi connectivity index (χ4n) is 1.71. The predicted molar refractivity (Wildman–Crippen MR) is 73.5 cm³/mol. The molecule has 0 saturated carbocycles. The van der Waals surface area contributed by atoms with Crippen LogP contribution in [0.2, 0.25) is 0 Å². The average molecular weight is 335 g/mol. The van der Waals surface area contributed by atoms with Crippen LogP contribution < -0.4 is 0 Å². The normalized spacial score (nSPS) is 13.2. The number of hydrogen-bond acceptors (Lipinski definition) is 3. The topological polar surface area (TPSA) is 71.4 Å². The van der Waals surface area contributed by atoms with Gasteiger partial charge in [-0.25, -0.2) is 8.42 Å². The van der Waals surface area contributed by atoms with E-state index in [0.717, 1.165) is 10.7 Å². The second-order valence-electron chi connectivity index (χ2n) is 4.22. The van der Waals surface area contributed by atoms with Crippen LogP contribution in [0.1, 0.15) is 24.3 Å². The van der Waals surface area contributed by atoms with Gasteiger partial charge in [0.05, 0.1) is 5.92 Å². The van der Waals surface area contributed by atoms with Crippen molar-refractivity contribution < 1.29 is 18.3 Å². The van der Waals surface area contributed by atoms with Gasteiger partial charge in [0.1, 0.15) is 9.84 Å². The summed E-state index contributed by atoms with van der Waals surface area (Å²) in [5, 5.41) is 9.18. The number of carbonyl (C=O) groups is 1. The highest BCUT2D eigenvalue weighted by molar-refractivity contribution is 9.10. The molecule has 18 heavy (non-hydrogen) atoms. The van der Waals surface area contributed by atoms with Crippen LogP contribution in [0.25, 0.3) is 0 Å². The first-order valence-corrected chi connectivity index (χ1v) is 8.31. The number of benzene rings is 1. The Bertz CT molecular complexity index is 525. The molecule has 0 aliphatic heterocycles. The second-order valence-corrected chi connectivity index (χ2v) is 7.39. The van der Waals surface area contributed by atoms with Gasteiger partial charge in [-0.15, -0.1) is 0 Å². The van der Waals surface area contributed by atoms with Crippen molar-refractivity contribution in [3.8, 4) is 0 Å². The lowest BCUT2D eigenvalue weighted by Crippen LogP contribution is -2.13. The Morgan fingerprint density at radius 2 is 2.11 bits per heavy atom. The lowest BCUT2D eigenvalue weighted by molar-refractivity contribution is -0.139. The highest BCUT2D eigenvalue weighted by Gasteiger charge is 2.20. The molecule has 0 saturated heterocycles. The second kappa shape index (κ2) is 6.33. The highest BCUT2D eigenvalue weighted by Crippen LogP contribution is 2.24. The molecule has 0 fully saturated rings. The maximum Gasteiger partial charge on any atom is 0.310 e. The zero-order valence-electron chi connectivity index (χ0n) is 9.97. The van der Waals surface area contributed by atoms with Crippen LogP contribution in [-0.2, 0) is 14.6 Å². The summed E-state index contributed by atoms with van der Waals surface area (Å²) < 4.78 is 22.9. The van der Waals surface area contributed by atoms with Crippen LogP contribution >= 0.6 is 15.9 Å². The first kappa shape index (κ1) is 15.2. The van der Waals surface area contributed by atoms with Crippen LogP contribution in [0, 0.1) is 0 Å². The van der Waals surface area contributed by atoms with Crippen molar-refractivity contribution in [2.24, 2.45) is 0 Å². The van der Waals surface area contributed by atoms with E-state index >= 15 is 0 Å².